The molecule has 2 aliphatic heterocycles. The van der Waals surface area contributed by atoms with Gasteiger partial charge < -0.3 is 10.6 Å². The van der Waals surface area contributed by atoms with Crippen molar-refractivity contribution >= 4 is 18.2 Å². The minimum absolute atomic E-state index is 0. The summed E-state index contributed by atoms with van der Waals surface area (Å²) < 4.78 is 14.5. The summed E-state index contributed by atoms with van der Waals surface area (Å²) in [6.45, 7) is 1.85. The van der Waals surface area contributed by atoms with Gasteiger partial charge >= 0.3 is 0 Å². The first kappa shape index (κ1) is 17.5. The number of nitrogens with one attached hydrogen (secondary N) is 3. The van der Waals surface area contributed by atoms with Crippen LogP contribution in [0.3, 0.4) is 0 Å². The fourth-order valence-electron chi connectivity index (χ4n) is 3.72. The molecule has 4 rings (SSSR count). The Bertz CT molecular complexity index is 832. The lowest BCUT2D eigenvalue weighted by atomic mass is 9.79. The van der Waals surface area contributed by atoms with E-state index in [1.54, 1.807) is 24.4 Å². The van der Waals surface area contributed by atoms with Gasteiger partial charge in [0, 0.05) is 22.7 Å². The van der Waals surface area contributed by atoms with Gasteiger partial charge in [-0.2, -0.15) is 10.4 Å². The van der Waals surface area contributed by atoms with Crippen molar-refractivity contribution in [1.82, 2.24) is 15.5 Å². The van der Waals surface area contributed by atoms with Gasteiger partial charge in [-0.15, -0.1) is 12.4 Å². The van der Waals surface area contributed by atoms with E-state index in [9.17, 15) is 9.65 Å². The molecule has 130 valence electrons. The molecule has 2 aromatic rings. The summed E-state index contributed by atoms with van der Waals surface area (Å²) in [4.78, 5) is 0. The van der Waals surface area contributed by atoms with E-state index in [4.69, 9.17) is 0 Å². The van der Waals surface area contributed by atoms with Crippen LogP contribution in [0.15, 0.2) is 41.7 Å². The normalized spacial score (nSPS) is 20.2. The summed E-state index contributed by atoms with van der Waals surface area (Å²) in [5, 5.41) is 23.6. The van der Waals surface area contributed by atoms with E-state index in [2.05, 4.69) is 26.9 Å². The zero-order valence-corrected chi connectivity index (χ0v) is 14.4. The van der Waals surface area contributed by atoms with Gasteiger partial charge in [-0.25, -0.2) is 4.39 Å². The maximum Gasteiger partial charge on any atom is 0.129 e. The second kappa shape index (κ2) is 7.26. The third kappa shape index (κ3) is 3.01. The molecular formula is C18H19ClFN5. The van der Waals surface area contributed by atoms with Crippen molar-refractivity contribution in [3.8, 4) is 6.07 Å². The van der Waals surface area contributed by atoms with Gasteiger partial charge in [-0.05, 0) is 32.0 Å². The van der Waals surface area contributed by atoms with Crippen molar-refractivity contribution in [2.24, 2.45) is 5.92 Å². The molecule has 1 aromatic carbocycles. The molecule has 1 atom stereocenters. The SMILES string of the molecule is Cl.N#CC1=C(C2CCNCC2)Nc2[nH]ncc2C1c1ccccc1F. The molecule has 5 nitrogen and oxygen atoms in total. The van der Waals surface area contributed by atoms with Gasteiger partial charge in [-0.1, -0.05) is 18.2 Å². The average molecular weight is 360 g/mol. The molecule has 0 saturated carbocycles. The van der Waals surface area contributed by atoms with Gasteiger partial charge in [0.15, 0.2) is 0 Å². The molecule has 2 aliphatic rings. The number of aromatic nitrogens is 2. The maximum atomic E-state index is 14.5. The third-order valence-electron chi connectivity index (χ3n) is 4.90. The smallest absolute Gasteiger partial charge is 0.129 e. The number of allylic oxidation sites excluding steroid dienone is 2. The van der Waals surface area contributed by atoms with Crippen LogP contribution in [0.1, 0.15) is 29.9 Å². The lowest BCUT2D eigenvalue weighted by Gasteiger charge is -2.32. The van der Waals surface area contributed by atoms with E-state index in [1.807, 2.05) is 0 Å². The molecule has 25 heavy (non-hydrogen) atoms. The minimum atomic E-state index is -0.420. The molecule has 3 heterocycles. The Morgan fingerprint density at radius 2 is 1.92 bits per heavy atom. The van der Waals surface area contributed by atoms with Crippen LogP contribution in [0.4, 0.5) is 10.2 Å². The molecule has 1 unspecified atom stereocenters. The van der Waals surface area contributed by atoms with Gasteiger partial charge in [0.25, 0.3) is 0 Å². The van der Waals surface area contributed by atoms with E-state index < -0.39 is 5.92 Å². The molecule has 1 aromatic heterocycles. The summed E-state index contributed by atoms with van der Waals surface area (Å²) in [7, 11) is 0. The van der Waals surface area contributed by atoms with Crippen LogP contribution in [-0.4, -0.2) is 23.3 Å². The summed E-state index contributed by atoms with van der Waals surface area (Å²) in [6.07, 6.45) is 3.60. The summed E-state index contributed by atoms with van der Waals surface area (Å²) in [5.41, 5.74) is 2.84. The summed E-state index contributed by atoms with van der Waals surface area (Å²) in [6, 6.07) is 9.01. The van der Waals surface area contributed by atoms with E-state index in [-0.39, 0.29) is 24.1 Å². The maximum absolute atomic E-state index is 14.5. The van der Waals surface area contributed by atoms with Crippen LogP contribution in [0.25, 0.3) is 0 Å². The minimum Gasteiger partial charge on any atom is -0.343 e. The standard InChI is InChI=1S/C18H18FN5.ClH/c19-15-4-2-1-3-12(15)16-13(9-20)17(11-5-7-21-8-6-11)23-18-14(16)10-22-24-18;/h1-4,10-11,16,21H,5-8H2,(H2,22,23,24);1H. The van der Waals surface area contributed by atoms with Crippen molar-refractivity contribution in [1.29, 1.82) is 5.26 Å². The van der Waals surface area contributed by atoms with Crippen molar-refractivity contribution in [3.63, 3.8) is 0 Å². The van der Waals surface area contributed by atoms with Crippen molar-refractivity contribution in [2.45, 2.75) is 18.8 Å². The molecule has 0 radical (unpaired) electrons. The zero-order valence-electron chi connectivity index (χ0n) is 13.6. The van der Waals surface area contributed by atoms with Crippen molar-refractivity contribution in [2.75, 3.05) is 18.4 Å². The van der Waals surface area contributed by atoms with Gasteiger partial charge in [0.1, 0.15) is 11.6 Å². The molecule has 0 aliphatic carbocycles. The van der Waals surface area contributed by atoms with Crippen LogP contribution in [0.2, 0.25) is 0 Å². The number of hydrogen-bond donors (Lipinski definition) is 3. The van der Waals surface area contributed by atoms with Gasteiger partial charge in [0.2, 0.25) is 0 Å². The highest BCUT2D eigenvalue weighted by Crippen LogP contribution is 2.43. The largest absolute Gasteiger partial charge is 0.343 e. The Kier molecular flexibility index (Phi) is 5.07. The topological polar surface area (TPSA) is 76.5 Å². The predicted molar refractivity (Wildman–Crippen MR) is 95.9 cm³/mol. The molecular weight excluding hydrogens is 341 g/mol. The number of H-pyrrole nitrogens is 1. The van der Waals surface area contributed by atoms with E-state index >= 15 is 0 Å². The van der Waals surface area contributed by atoms with Crippen LogP contribution >= 0.6 is 12.4 Å². The first-order valence-corrected chi connectivity index (χ1v) is 8.19. The quantitative estimate of drug-likeness (QED) is 0.769. The zero-order chi connectivity index (χ0) is 16.5. The fraction of sp³-hybridized carbons (Fsp3) is 0.333. The molecule has 1 saturated heterocycles. The van der Waals surface area contributed by atoms with Gasteiger partial charge in [0.05, 0.1) is 23.8 Å². The Balaban J connectivity index is 0.00000182. The monoisotopic (exact) mass is 359 g/mol. The Morgan fingerprint density at radius 3 is 2.64 bits per heavy atom. The van der Waals surface area contributed by atoms with Crippen molar-refractivity contribution < 1.29 is 4.39 Å². The molecule has 1 fully saturated rings. The Morgan fingerprint density at radius 1 is 1.16 bits per heavy atom. The van der Waals surface area contributed by atoms with E-state index in [0.717, 1.165) is 43.0 Å². The fourth-order valence-corrected chi connectivity index (χ4v) is 3.72. The number of aromatic amines is 1. The van der Waals surface area contributed by atoms with Gasteiger partial charge in [-0.3, -0.25) is 5.10 Å². The molecule has 0 spiro atoms. The number of rotatable bonds is 2. The predicted octanol–water partition coefficient (Wildman–Crippen LogP) is 3.31. The first-order valence-electron chi connectivity index (χ1n) is 8.19. The van der Waals surface area contributed by atoms with E-state index in [1.165, 1.54) is 6.07 Å². The second-order valence-electron chi connectivity index (χ2n) is 6.24. The molecule has 0 amide bonds. The Hall–Kier alpha value is -2.36. The number of halogens is 2. The first-order chi connectivity index (χ1) is 11.8. The molecule has 0 bridgehead atoms. The van der Waals surface area contributed by atoms with Crippen LogP contribution in [0, 0.1) is 23.1 Å². The number of anilines is 1. The molecule has 3 N–H and O–H groups in total. The highest BCUT2D eigenvalue weighted by Gasteiger charge is 2.35. The number of benzene rings is 1. The third-order valence-corrected chi connectivity index (χ3v) is 4.90. The summed E-state index contributed by atoms with van der Waals surface area (Å²) in [5.74, 6) is 0.312. The summed E-state index contributed by atoms with van der Waals surface area (Å²) >= 11 is 0. The van der Waals surface area contributed by atoms with Crippen LogP contribution in [-0.2, 0) is 0 Å². The number of nitrogens with zero attached hydrogens (tertiary/aromatic N) is 2. The highest BCUT2D eigenvalue weighted by atomic mass is 35.5. The molecule has 7 heteroatoms. The Labute approximate surface area is 151 Å². The lowest BCUT2D eigenvalue weighted by Crippen LogP contribution is -2.32. The average Bonchev–Trinajstić information content (AvgIpc) is 3.10. The highest BCUT2D eigenvalue weighted by molar-refractivity contribution is 5.85. The van der Waals surface area contributed by atoms with Crippen LogP contribution < -0.4 is 10.6 Å². The lowest BCUT2D eigenvalue weighted by molar-refractivity contribution is 0.417. The number of piperidine rings is 1. The van der Waals surface area contributed by atoms with Crippen LogP contribution in [0.5, 0.6) is 0 Å². The number of hydrogen-bond acceptors (Lipinski definition) is 4. The van der Waals surface area contributed by atoms with E-state index in [0.29, 0.717) is 11.1 Å². The number of nitriles is 1. The number of fused-ring (bicyclic) bond motifs is 1. The van der Waals surface area contributed by atoms with Crippen molar-refractivity contribution in [3.05, 3.63) is 58.7 Å². The second-order valence-corrected chi connectivity index (χ2v) is 6.24.